The van der Waals surface area contributed by atoms with Gasteiger partial charge in [0.1, 0.15) is 5.75 Å². The summed E-state index contributed by atoms with van der Waals surface area (Å²) in [4.78, 5) is 23.9. The number of methoxy groups -OCH3 is 1. The molecule has 0 atom stereocenters. The van der Waals surface area contributed by atoms with Crippen molar-refractivity contribution in [3.63, 3.8) is 0 Å². The minimum absolute atomic E-state index is 0.0720. The molecule has 0 heterocycles. The van der Waals surface area contributed by atoms with Gasteiger partial charge in [0.25, 0.3) is 5.91 Å². The lowest BCUT2D eigenvalue weighted by Crippen LogP contribution is -2.44. The number of carbonyl (C=O) groups excluding carboxylic acids is 2. The van der Waals surface area contributed by atoms with E-state index in [0.29, 0.717) is 0 Å². The fourth-order valence-corrected chi connectivity index (χ4v) is 2.58. The van der Waals surface area contributed by atoms with Gasteiger partial charge in [-0.2, -0.15) is 0 Å². The third-order valence-electron chi connectivity index (χ3n) is 4.00. The molecule has 3 N–H and O–H groups in total. The topological polar surface area (TPSA) is 79.5 Å². The number of aryl methyl sites for hydroxylation is 3. The summed E-state index contributed by atoms with van der Waals surface area (Å²) in [7, 11) is 1.59. The molecule has 0 saturated carbocycles. The van der Waals surface area contributed by atoms with Crippen molar-refractivity contribution in [1.82, 2.24) is 10.9 Å². The molecule has 2 aromatic rings. The van der Waals surface area contributed by atoms with Gasteiger partial charge >= 0.3 is 0 Å². The van der Waals surface area contributed by atoms with Gasteiger partial charge in [-0.3, -0.25) is 20.4 Å². The Bertz CT molecular complexity index is 803. The number of benzene rings is 2. The highest BCUT2D eigenvalue weighted by molar-refractivity contribution is 5.85. The van der Waals surface area contributed by atoms with Crippen molar-refractivity contribution in [3.05, 3.63) is 58.7 Å². The first kappa shape index (κ1) is 19.3. The molecule has 138 valence electrons. The molecule has 6 heteroatoms. The van der Waals surface area contributed by atoms with Crippen molar-refractivity contribution in [2.75, 3.05) is 19.0 Å². The predicted octanol–water partition coefficient (Wildman–Crippen LogP) is 2.42. The number of nitrogens with one attached hydrogen (secondary N) is 3. The van der Waals surface area contributed by atoms with Crippen LogP contribution in [-0.2, 0) is 16.0 Å². The molecule has 0 aliphatic carbocycles. The lowest BCUT2D eigenvalue weighted by molar-refractivity contribution is -0.127. The zero-order chi connectivity index (χ0) is 19.1. The van der Waals surface area contributed by atoms with Crippen molar-refractivity contribution in [2.45, 2.75) is 27.2 Å². The molecule has 6 nitrogen and oxygen atoms in total. The Morgan fingerprint density at radius 3 is 2.35 bits per heavy atom. The molecule has 2 amide bonds. The van der Waals surface area contributed by atoms with Gasteiger partial charge in [0.2, 0.25) is 5.91 Å². The van der Waals surface area contributed by atoms with Crippen LogP contribution in [0.2, 0.25) is 0 Å². The molecule has 0 saturated heterocycles. The smallest absolute Gasteiger partial charge is 0.257 e. The van der Waals surface area contributed by atoms with Crippen LogP contribution >= 0.6 is 0 Å². The molecule has 26 heavy (non-hydrogen) atoms. The molecule has 0 aromatic heterocycles. The number of hydrogen-bond acceptors (Lipinski definition) is 4. The van der Waals surface area contributed by atoms with Gasteiger partial charge in [-0.25, -0.2) is 0 Å². The molecule has 0 fully saturated rings. The summed E-state index contributed by atoms with van der Waals surface area (Å²) >= 11 is 0. The summed E-state index contributed by atoms with van der Waals surface area (Å²) in [5, 5.41) is 3.05. The number of amides is 2. The maximum atomic E-state index is 12.0. The van der Waals surface area contributed by atoms with Crippen LogP contribution in [0.4, 0.5) is 5.69 Å². The maximum absolute atomic E-state index is 12.0. The van der Waals surface area contributed by atoms with Gasteiger partial charge in [-0.15, -0.1) is 0 Å². The van der Waals surface area contributed by atoms with E-state index in [1.165, 1.54) is 0 Å². The van der Waals surface area contributed by atoms with Crippen molar-refractivity contribution >= 4 is 17.5 Å². The molecule has 2 aromatic carbocycles. The highest BCUT2D eigenvalue weighted by Crippen LogP contribution is 2.19. The number of hydrazine groups is 1. The van der Waals surface area contributed by atoms with Gasteiger partial charge < -0.3 is 10.1 Å². The summed E-state index contributed by atoms with van der Waals surface area (Å²) in [5.41, 5.74) is 9.77. The van der Waals surface area contributed by atoms with Crippen LogP contribution in [0.1, 0.15) is 22.3 Å². The summed E-state index contributed by atoms with van der Waals surface area (Å²) in [5.74, 6) is 0.118. The standard InChI is InChI=1S/C20H25N3O3/c1-13-5-8-17(15(3)9-13)21-12-20(25)23-22-19(24)11-16-7-6-14(2)18(10-16)26-4/h5-10,21H,11-12H2,1-4H3,(H,22,24)(H,23,25). The van der Waals surface area contributed by atoms with Crippen LogP contribution in [0.25, 0.3) is 0 Å². The van der Waals surface area contributed by atoms with Gasteiger partial charge in [0.15, 0.2) is 0 Å². The molecule has 0 unspecified atom stereocenters. The Kier molecular flexibility index (Phi) is 6.60. The van der Waals surface area contributed by atoms with E-state index in [4.69, 9.17) is 4.74 Å². The minimum Gasteiger partial charge on any atom is -0.496 e. The average Bonchev–Trinajstić information content (AvgIpc) is 2.61. The van der Waals surface area contributed by atoms with Crippen LogP contribution < -0.4 is 20.9 Å². The Balaban J connectivity index is 1.78. The number of hydrogen-bond donors (Lipinski definition) is 3. The third kappa shape index (κ3) is 5.51. The first-order chi connectivity index (χ1) is 12.4. The van der Waals surface area contributed by atoms with Crippen LogP contribution in [0.15, 0.2) is 36.4 Å². The molecule has 2 rings (SSSR count). The molecular formula is C20H25N3O3. The zero-order valence-electron chi connectivity index (χ0n) is 15.6. The quantitative estimate of drug-likeness (QED) is 0.696. The van der Waals surface area contributed by atoms with Gasteiger partial charge in [0.05, 0.1) is 20.1 Å². The average molecular weight is 355 g/mol. The normalized spacial score (nSPS) is 10.2. The fourth-order valence-electron chi connectivity index (χ4n) is 2.58. The summed E-state index contributed by atoms with van der Waals surface area (Å²) < 4.78 is 5.25. The van der Waals surface area contributed by atoms with Crippen molar-refractivity contribution < 1.29 is 14.3 Å². The Morgan fingerprint density at radius 2 is 1.65 bits per heavy atom. The summed E-state index contributed by atoms with van der Waals surface area (Å²) in [6.45, 7) is 6.00. The second-order valence-electron chi connectivity index (χ2n) is 6.25. The largest absolute Gasteiger partial charge is 0.496 e. The van der Waals surface area contributed by atoms with E-state index in [9.17, 15) is 9.59 Å². The summed E-state index contributed by atoms with van der Waals surface area (Å²) in [6.07, 6.45) is 0.154. The summed E-state index contributed by atoms with van der Waals surface area (Å²) in [6, 6.07) is 11.5. The molecular weight excluding hydrogens is 330 g/mol. The number of ether oxygens (including phenoxy) is 1. The van der Waals surface area contributed by atoms with E-state index in [0.717, 1.165) is 33.7 Å². The van der Waals surface area contributed by atoms with E-state index >= 15 is 0 Å². The van der Waals surface area contributed by atoms with Crippen LogP contribution in [-0.4, -0.2) is 25.5 Å². The van der Waals surface area contributed by atoms with E-state index in [1.807, 2.05) is 57.2 Å². The van der Waals surface area contributed by atoms with Gasteiger partial charge in [0, 0.05) is 5.69 Å². The lowest BCUT2D eigenvalue weighted by atomic mass is 10.1. The second kappa shape index (κ2) is 8.89. The van der Waals surface area contributed by atoms with E-state index in [1.54, 1.807) is 7.11 Å². The molecule has 0 aliphatic heterocycles. The molecule has 0 radical (unpaired) electrons. The highest BCUT2D eigenvalue weighted by Gasteiger charge is 2.08. The number of carbonyl (C=O) groups is 2. The first-order valence-corrected chi connectivity index (χ1v) is 8.41. The van der Waals surface area contributed by atoms with E-state index < -0.39 is 0 Å². The van der Waals surface area contributed by atoms with Crippen LogP contribution in [0, 0.1) is 20.8 Å². The SMILES string of the molecule is COc1cc(CC(=O)NNC(=O)CNc2ccc(C)cc2C)ccc1C. The van der Waals surface area contributed by atoms with E-state index in [-0.39, 0.29) is 24.8 Å². The Morgan fingerprint density at radius 1 is 0.923 bits per heavy atom. The highest BCUT2D eigenvalue weighted by atomic mass is 16.5. The zero-order valence-corrected chi connectivity index (χ0v) is 15.6. The number of anilines is 1. The molecule has 0 spiro atoms. The third-order valence-corrected chi connectivity index (χ3v) is 4.00. The van der Waals surface area contributed by atoms with E-state index in [2.05, 4.69) is 16.2 Å². The van der Waals surface area contributed by atoms with Gasteiger partial charge in [-0.05, 0) is 49.6 Å². The van der Waals surface area contributed by atoms with Crippen molar-refractivity contribution in [2.24, 2.45) is 0 Å². The Labute approximate surface area is 153 Å². The van der Waals surface area contributed by atoms with Crippen LogP contribution in [0.5, 0.6) is 5.75 Å². The lowest BCUT2D eigenvalue weighted by Gasteiger charge is -2.12. The molecule has 0 bridgehead atoms. The first-order valence-electron chi connectivity index (χ1n) is 8.41. The fraction of sp³-hybridized carbons (Fsp3) is 0.300. The minimum atomic E-state index is -0.320. The molecule has 0 aliphatic rings. The van der Waals surface area contributed by atoms with Gasteiger partial charge in [-0.1, -0.05) is 29.8 Å². The second-order valence-corrected chi connectivity index (χ2v) is 6.25. The maximum Gasteiger partial charge on any atom is 0.257 e. The predicted molar refractivity (Wildman–Crippen MR) is 102 cm³/mol. The monoisotopic (exact) mass is 355 g/mol. The van der Waals surface area contributed by atoms with Crippen LogP contribution in [0.3, 0.4) is 0 Å². The number of rotatable bonds is 6. The Hall–Kier alpha value is -3.02. The van der Waals surface area contributed by atoms with Crippen molar-refractivity contribution in [1.29, 1.82) is 0 Å². The van der Waals surface area contributed by atoms with Crippen molar-refractivity contribution in [3.8, 4) is 5.75 Å².